The van der Waals surface area contributed by atoms with Gasteiger partial charge in [0.25, 0.3) is 10.0 Å². The molecule has 1 atom stereocenters. The van der Waals surface area contributed by atoms with Crippen LogP contribution >= 0.6 is 0 Å². The predicted octanol–water partition coefficient (Wildman–Crippen LogP) is 2.98. The number of oxazole rings is 1. The van der Waals surface area contributed by atoms with E-state index < -0.39 is 15.8 Å². The molecule has 1 unspecified atom stereocenters. The first-order valence-electron chi connectivity index (χ1n) is 11.8. The Hall–Kier alpha value is -4.58. The van der Waals surface area contributed by atoms with Gasteiger partial charge in [0.05, 0.1) is 24.0 Å². The van der Waals surface area contributed by atoms with Crippen LogP contribution in [0.1, 0.15) is 30.2 Å². The van der Waals surface area contributed by atoms with Crippen molar-refractivity contribution in [2.45, 2.75) is 30.2 Å². The second-order valence-electron chi connectivity index (χ2n) is 8.65. The number of hydrogen-bond donors (Lipinski definition) is 2. The molecule has 1 aliphatic heterocycles. The number of ketones is 1. The largest absolute Gasteiger partial charge is 0.448 e. The smallest absolute Gasteiger partial charge is 0.286 e. The number of benzene rings is 2. The van der Waals surface area contributed by atoms with Crippen molar-refractivity contribution >= 4 is 33.2 Å². The van der Waals surface area contributed by atoms with Gasteiger partial charge in [-0.1, -0.05) is 36.4 Å². The van der Waals surface area contributed by atoms with E-state index in [1.165, 1.54) is 24.1 Å². The van der Waals surface area contributed by atoms with Gasteiger partial charge in [0.15, 0.2) is 11.6 Å². The average molecular weight is 533 g/mol. The molecule has 12 heteroatoms. The van der Waals surface area contributed by atoms with Gasteiger partial charge in [0.1, 0.15) is 17.7 Å². The van der Waals surface area contributed by atoms with Crippen molar-refractivity contribution in [3.8, 4) is 11.1 Å². The van der Waals surface area contributed by atoms with Gasteiger partial charge < -0.3 is 15.1 Å². The summed E-state index contributed by atoms with van der Waals surface area (Å²) >= 11 is 0. The minimum absolute atomic E-state index is 0.0290. The maximum Gasteiger partial charge on any atom is 0.286 e. The van der Waals surface area contributed by atoms with Crippen LogP contribution in [0.2, 0.25) is 0 Å². The lowest BCUT2D eigenvalue weighted by Crippen LogP contribution is -2.29. The molecule has 11 nitrogen and oxygen atoms in total. The van der Waals surface area contributed by atoms with E-state index in [-0.39, 0.29) is 41.2 Å². The fourth-order valence-electron chi connectivity index (χ4n) is 4.20. The molecule has 0 saturated carbocycles. The minimum Gasteiger partial charge on any atom is -0.448 e. The molecule has 0 bridgehead atoms. The highest BCUT2D eigenvalue weighted by molar-refractivity contribution is 7.90. The van der Waals surface area contributed by atoms with Crippen LogP contribution in [0.3, 0.4) is 0 Å². The lowest BCUT2D eigenvalue weighted by molar-refractivity contribution is -0.121. The van der Waals surface area contributed by atoms with Crippen LogP contribution in [0.25, 0.3) is 11.1 Å². The fourth-order valence-corrected chi connectivity index (χ4v) is 5.36. The highest BCUT2D eigenvalue weighted by Gasteiger charge is 2.29. The summed E-state index contributed by atoms with van der Waals surface area (Å²) in [4.78, 5) is 28.8. The molecule has 0 fully saturated rings. The second-order valence-corrected chi connectivity index (χ2v) is 10.2. The molecule has 38 heavy (non-hydrogen) atoms. The van der Waals surface area contributed by atoms with Gasteiger partial charge in [0, 0.05) is 25.2 Å². The van der Waals surface area contributed by atoms with Crippen molar-refractivity contribution in [3.63, 3.8) is 0 Å². The van der Waals surface area contributed by atoms with Crippen molar-refractivity contribution < 1.29 is 22.4 Å². The Labute approximate surface area is 218 Å². The van der Waals surface area contributed by atoms with E-state index in [9.17, 15) is 18.0 Å². The van der Waals surface area contributed by atoms with Crippen molar-refractivity contribution in [2.24, 2.45) is 4.40 Å². The zero-order valence-corrected chi connectivity index (χ0v) is 21.2. The maximum absolute atomic E-state index is 13.1. The van der Waals surface area contributed by atoms with E-state index >= 15 is 0 Å². The van der Waals surface area contributed by atoms with Gasteiger partial charge in [-0.25, -0.2) is 4.98 Å². The van der Waals surface area contributed by atoms with Crippen molar-refractivity contribution in [3.05, 3.63) is 84.8 Å². The number of sulfonamides is 1. The summed E-state index contributed by atoms with van der Waals surface area (Å²) in [5, 5.41) is 9.54. The number of amidine groups is 1. The zero-order chi connectivity index (χ0) is 26.7. The molecule has 0 saturated heterocycles. The monoisotopic (exact) mass is 532 g/mol. The molecule has 4 aromatic rings. The molecule has 1 amide bonds. The van der Waals surface area contributed by atoms with Crippen molar-refractivity contribution in [1.29, 1.82) is 0 Å². The van der Waals surface area contributed by atoms with Crippen LogP contribution in [0.4, 0.5) is 5.69 Å². The summed E-state index contributed by atoms with van der Waals surface area (Å²) in [5.41, 5.74) is 2.41. The van der Waals surface area contributed by atoms with Gasteiger partial charge in [-0.05, 0) is 29.7 Å². The first kappa shape index (κ1) is 25.1. The van der Waals surface area contributed by atoms with Gasteiger partial charge in [-0.3, -0.25) is 14.3 Å². The Kier molecular flexibility index (Phi) is 6.88. The van der Waals surface area contributed by atoms with E-state index in [2.05, 4.69) is 25.1 Å². The number of carbonyl (C=O) groups excluding carboxylic acids is 2. The maximum atomic E-state index is 13.1. The Morgan fingerprint density at radius 2 is 1.95 bits per heavy atom. The highest BCUT2D eigenvalue weighted by atomic mass is 32.2. The first-order chi connectivity index (χ1) is 18.3. The molecule has 0 aliphatic carbocycles. The molecule has 2 N–H and O–H groups in total. The van der Waals surface area contributed by atoms with Gasteiger partial charge in [-0.2, -0.15) is 13.5 Å². The third kappa shape index (κ3) is 5.25. The third-order valence-corrected chi connectivity index (χ3v) is 7.47. The molecule has 5 rings (SSSR count). The highest BCUT2D eigenvalue weighted by Crippen LogP contribution is 2.33. The normalized spacial score (nSPS) is 14.6. The molecular weight excluding hydrogens is 508 g/mol. The zero-order valence-electron chi connectivity index (χ0n) is 20.4. The minimum atomic E-state index is -4.13. The SMILES string of the molecule is CNC(=O)Cn1cc(-c2ccc3c(c2)S(=O)(=O)N=C(C(=O)CCC(c2ccccc2)c2ncco2)N3)cn1. The Morgan fingerprint density at radius 3 is 2.68 bits per heavy atom. The first-order valence-corrected chi connectivity index (χ1v) is 13.2. The summed E-state index contributed by atoms with van der Waals surface area (Å²) in [6, 6.07) is 14.3. The molecule has 194 valence electrons. The molecule has 2 aromatic heterocycles. The average Bonchev–Trinajstić information content (AvgIpc) is 3.62. The number of hydrogen-bond acceptors (Lipinski definition) is 8. The topological polar surface area (TPSA) is 149 Å². The number of fused-ring (bicyclic) bond motifs is 1. The lowest BCUT2D eigenvalue weighted by atomic mass is 9.93. The summed E-state index contributed by atoms with van der Waals surface area (Å²) < 4.78 is 36.8. The van der Waals surface area contributed by atoms with Crippen LogP contribution in [0.15, 0.2) is 87.1 Å². The molecule has 0 radical (unpaired) electrons. The number of nitrogens with one attached hydrogen (secondary N) is 2. The number of amides is 1. The number of rotatable bonds is 9. The summed E-state index contributed by atoms with van der Waals surface area (Å²) in [5.74, 6) is -0.671. The van der Waals surface area contributed by atoms with Crippen LogP contribution in [0.5, 0.6) is 0 Å². The molecule has 1 aliphatic rings. The molecular formula is C26H24N6O5S. The van der Waals surface area contributed by atoms with E-state index in [4.69, 9.17) is 4.42 Å². The predicted molar refractivity (Wildman–Crippen MR) is 139 cm³/mol. The van der Waals surface area contributed by atoms with Crippen molar-refractivity contribution in [1.82, 2.24) is 20.1 Å². The summed E-state index contributed by atoms with van der Waals surface area (Å²) in [7, 11) is -2.60. The van der Waals surface area contributed by atoms with E-state index in [0.717, 1.165) is 5.56 Å². The standard InChI is InChI=1S/C26H24N6O5S/c1-27-24(34)16-32-15-19(14-29-32)18-7-9-21-23(13-18)38(35,36)31-25(30-21)22(33)10-8-20(26-28-11-12-37-26)17-5-3-2-4-6-17/h2-7,9,11-15,20H,8,10,16H2,1H3,(H,27,34)(H,30,31). The quantitative estimate of drug-likeness (QED) is 0.334. The van der Waals surface area contributed by atoms with Crippen LogP contribution in [0, 0.1) is 0 Å². The fraction of sp³-hybridized carbons (Fsp3) is 0.192. The summed E-state index contributed by atoms with van der Waals surface area (Å²) in [6.45, 7) is 0.0399. The Balaban J connectivity index is 1.33. The van der Waals surface area contributed by atoms with E-state index in [1.807, 2.05) is 30.3 Å². The van der Waals surface area contributed by atoms with Gasteiger partial charge in [-0.15, -0.1) is 4.40 Å². The Bertz CT molecular complexity index is 1610. The van der Waals surface area contributed by atoms with E-state index in [1.54, 1.807) is 30.7 Å². The van der Waals surface area contributed by atoms with Crippen LogP contribution in [-0.4, -0.2) is 47.8 Å². The van der Waals surface area contributed by atoms with Gasteiger partial charge >= 0.3 is 0 Å². The number of anilines is 1. The number of Topliss-reactive ketones (excluding diaryl/α,β-unsaturated/α-hetero) is 1. The second kappa shape index (κ2) is 10.4. The number of likely N-dealkylation sites (N-methyl/N-ethyl adjacent to an activating group) is 1. The van der Waals surface area contributed by atoms with Crippen LogP contribution in [-0.2, 0) is 26.2 Å². The molecule has 2 aromatic carbocycles. The number of carbonyl (C=O) groups is 2. The third-order valence-electron chi connectivity index (χ3n) is 6.15. The molecule has 3 heterocycles. The van der Waals surface area contributed by atoms with Crippen molar-refractivity contribution in [2.75, 3.05) is 12.4 Å². The van der Waals surface area contributed by atoms with Crippen LogP contribution < -0.4 is 10.6 Å². The van der Waals surface area contributed by atoms with E-state index in [0.29, 0.717) is 23.4 Å². The number of nitrogens with zero attached hydrogens (tertiary/aromatic N) is 4. The molecule has 0 spiro atoms. The Morgan fingerprint density at radius 1 is 1.13 bits per heavy atom. The lowest BCUT2D eigenvalue weighted by Gasteiger charge is -2.19. The number of aromatic nitrogens is 3. The summed E-state index contributed by atoms with van der Waals surface area (Å²) in [6.07, 6.45) is 6.60. The van der Waals surface area contributed by atoms with Gasteiger partial charge in [0.2, 0.25) is 11.8 Å².